The van der Waals surface area contributed by atoms with Gasteiger partial charge in [0.25, 0.3) is 0 Å². The highest BCUT2D eigenvalue weighted by Crippen LogP contribution is 2.71. The fourth-order valence-electron chi connectivity index (χ4n) is 8.34. The average Bonchev–Trinajstić information content (AvgIpc) is 2.92. The third-order valence-corrected chi connectivity index (χ3v) is 9.60. The van der Waals surface area contributed by atoms with Crippen LogP contribution in [0.1, 0.15) is 78.1 Å². The summed E-state index contributed by atoms with van der Waals surface area (Å²) in [6.45, 7) is 5.77. The molecule has 1 N–H and O–H groups in total. The highest BCUT2D eigenvalue weighted by atomic mass is 16.5. The Hall–Kier alpha value is -0.0800. The van der Waals surface area contributed by atoms with E-state index in [1.54, 1.807) is 0 Å². The van der Waals surface area contributed by atoms with Gasteiger partial charge in [-0.05, 0) is 68.1 Å². The van der Waals surface area contributed by atoms with Gasteiger partial charge in [-0.3, -0.25) is 0 Å². The molecule has 0 amide bonds. The van der Waals surface area contributed by atoms with Crippen LogP contribution in [-0.4, -0.2) is 23.9 Å². The maximum atomic E-state index is 10.9. The van der Waals surface area contributed by atoms with Crippen molar-refractivity contribution in [3.63, 3.8) is 0 Å². The molecule has 4 bridgehead atoms. The zero-order chi connectivity index (χ0) is 16.5. The number of hydrogen-bond donors (Lipinski definition) is 1. The van der Waals surface area contributed by atoms with Gasteiger partial charge in [0, 0.05) is 10.8 Å². The first-order chi connectivity index (χ1) is 11.6. The van der Waals surface area contributed by atoms with Crippen LogP contribution < -0.4 is 0 Å². The van der Waals surface area contributed by atoms with Crippen LogP contribution in [0.4, 0.5) is 0 Å². The van der Waals surface area contributed by atoms with Gasteiger partial charge in [-0.2, -0.15) is 0 Å². The first-order valence-corrected chi connectivity index (χ1v) is 10.9. The fourth-order valence-corrected chi connectivity index (χ4v) is 8.34. The van der Waals surface area contributed by atoms with Gasteiger partial charge in [0.15, 0.2) is 0 Å². The van der Waals surface area contributed by atoms with Gasteiger partial charge in [-0.25, -0.2) is 0 Å². The quantitative estimate of drug-likeness (QED) is 0.748. The summed E-state index contributed by atoms with van der Waals surface area (Å²) < 4.78 is 6.61. The molecule has 0 aromatic carbocycles. The second-order valence-electron chi connectivity index (χ2n) is 10.4. The van der Waals surface area contributed by atoms with Gasteiger partial charge in [-0.15, -0.1) is 0 Å². The SMILES string of the molecule is CCC1CC2CCCC(C2)CC2OCC3(CCC4C[C@]3(C)C4O)[C@@H]12. The minimum Gasteiger partial charge on any atom is -0.392 e. The van der Waals surface area contributed by atoms with Gasteiger partial charge in [-0.1, -0.05) is 39.5 Å². The van der Waals surface area contributed by atoms with E-state index in [1.165, 1.54) is 64.2 Å². The Bertz CT molecular complexity index is 504. The van der Waals surface area contributed by atoms with E-state index in [-0.39, 0.29) is 16.9 Å². The molecule has 0 aromatic rings. The zero-order valence-electron chi connectivity index (χ0n) is 15.7. The van der Waals surface area contributed by atoms with E-state index in [4.69, 9.17) is 4.74 Å². The number of ether oxygens (including phenoxy) is 1. The summed E-state index contributed by atoms with van der Waals surface area (Å²) >= 11 is 0. The minimum atomic E-state index is -0.0592. The summed E-state index contributed by atoms with van der Waals surface area (Å²) in [4.78, 5) is 0. The summed E-state index contributed by atoms with van der Waals surface area (Å²) in [6, 6.07) is 0. The van der Waals surface area contributed by atoms with Gasteiger partial charge in [0.2, 0.25) is 0 Å². The number of fused-ring (bicyclic) bond motifs is 4. The Balaban J connectivity index is 1.52. The van der Waals surface area contributed by atoms with Crippen LogP contribution in [0.3, 0.4) is 0 Å². The van der Waals surface area contributed by atoms with E-state index in [0.717, 1.165) is 24.4 Å². The Kier molecular flexibility index (Phi) is 3.67. The highest BCUT2D eigenvalue weighted by molar-refractivity contribution is 5.19. The summed E-state index contributed by atoms with van der Waals surface area (Å²) in [5.74, 6) is 4.02. The molecule has 136 valence electrons. The van der Waals surface area contributed by atoms with Crippen molar-refractivity contribution in [1.29, 1.82) is 0 Å². The maximum Gasteiger partial charge on any atom is 0.0628 e. The van der Waals surface area contributed by atoms with Crippen molar-refractivity contribution < 1.29 is 9.84 Å². The number of rotatable bonds is 1. The molecule has 6 aliphatic rings. The third kappa shape index (κ3) is 1.96. The first-order valence-electron chi connectivity index (χ1n) is 10.9. The van der Waals surface area contributed by atoms with Crippen LogP contribution in [0.25, 0.3) is 0 Å². The van der Waals surface area contributed by atoms with Crippen molar-refractivity contribution in [3.05, 3.63) is 0 Å². The summed E-state index contributed by atoms with van der Waals surface area (Å²) in [7, 11) is 0. The summed E-state index contributed by atoms with van der Waals surface area (Å²) in [5, 5.41) is 10.9. The van der Waals surface area contributed by atoms with Crippen LogP contribution in [0, 0.1) is 40.4 Å². The standard InChI is InChI=1S/C22H36O2/c1-3-16-10-14-5-4-6-15(9-14)11-18-19(16)22(13-24-18)8-7-17-12-21(22,2)20(17)23/h14-20,23H,3-13H2,1-2H3/t14?,15?,16?,17?,18?,19-,20?,21+,22?/m0/s1. The molecule has 2 nitrogen and oxygen atoms in total. The van der Waals surface area contributed by atoms with E-state index in [1.807, 2.05) is 0 Å². The van der Waals surface area contributed by atoms with E-state index in [2.05, 4.69) is 13.8 Å². The Morgan fingerprint density at radius 3 is 2.62 bits per heavy atom. The monoisotopic (exact) mass is 332 g/mol. The second kappa shape index (κ2) is 5.46. The molecular formula is C22H36O2. The fraction of sp³-hybridized carbons (Fsp3) is 1.00. The van der Waals surface area contributed by atoms with Crippen LogP contribution in [0.2, 0.25) is 0 Å². The topological polar surface area (TPSA) is 29.5 Å². The Morgan fingerprint density at radius 2 is 1.88 bits per heavy atom. The van der Waals surface area contributed by atoms with Crippen LogP contribution in [0.15, 0.2) is 0 Å². The number of aliphatic hydroxyl groups excluding tert-OH is 1. The Morgan fingerprint density at radius 1 is 1.08 bits per heavy atom. The summed E-state index contributed by atoms with van der Waals surface area (Å²) in [5.41, 5.74) is 0.412. The molecule has 1 spiro atoms. The van der Waals surface area contributed by atoms with Crippen molar-refractivity contribution in [2.45, 2.75) is 90.3 Å². The van der Waals surface area contributed by atoms with Crippen LogP contribution >= 0.6 is 0 Å². The van der Waals surface area contributed by atoms with Crippen molar-refractivity contribution in [2.75, 3.05) is 6.61 Å². The lowest BCUT2D eigenvalue weighted by atomic mass is 9.38. The molecule has 1 saturated heterocycles. The van der Waals surface area contributed by atoms with Crippen LogP contribution in [-0.2, 0) is 4.74 Å². The molecule has 5 aliphatic carbocycles. The lowest BCUT2D eigenvalue weighted by Crippen LogP contribution is -2.67. The maximum absolute atomic E-state index is 10.9. The van der Waals surface area contributed by atoms with Gasteiger partial charge >= 0.3 is 0 Å². The smallest absolute Gasteiger partial charge is 0.0628 e. The zero-order valence-corrected chi connectivity index (χ0v) is 15.7. The third-order valence-electron chi connectivity index (χ3n) is 9.60. The van der Waals surface area contributed by atoms with Crippen molar-refractivity contribution in [3.8, 4) is 0 Å². The predicted octanol–water partition coefficient (Wildman–Crippen LogP) is 4.80. The largest absolute Gasteiger partial charge is 0.392 e. The molecule has 1 heterocycles. The number of hydrogen-bond acceptors (Lipinski definition) is 2. The van der Waals surface area contributed by atoms with Crippen molar-refractivity contribution in [2.24, 2.45) is 40.4 Å². The molecule has 2 heteroatoms. The molecule has 1 aliphatic heterocycles. The van der Waals surface area contributed by atoms with Crippen molar-refractivity contribution >= 4 is 0 Å². The molecule has 9 atom stereocenters. The molecule has 6 rings (SSSR count). The van der Waals surface area contributed by atoms with Gasteiger partial charge < -0.3 is 9.84 Å². The van der Waals surface area contributed by atoms with Gasteiger partial charge in [0.05, 0.1) is 18.8 Å². The minimum absolute atomic E-state index is 0.0592. The van der Waals surface area contributed by atoms with Crippen molar-refractivity contribution in [1.82, 2.24) is 0 Å². The van der Waals surface area contributed by atoms with E-state index in [0.29, 0.717) is 17.9 Å². The molecular weight excluding hydrogens is 296 g/mol. The normalized spacial score (nSPS) is 59.4. The van der Waals surface area contributed by atoms with Gasteiger partial charge in [0.1, 0.15) is 0 Å². The molecule has 0 aromatic heterocycles. The molecule has 5 saturated carbocycles. The van der Waals surface area contributed by atoms with E-state index in [9.17, 15) is 5.11 Å². The molecule has 7 unspecified atom stereocenters. The van der Waals surface area contributed by atoms with E-state index < -0.39 is 0 Å². The predicted molar refractivity (Wildman–Crippen MR) is 95.6 cm³/mol. The Labute approximate surface area is 147 Å². The molecule has 24 heavy (non-hydrogen) atoms. The highest BCUT2D eigenvalue weighted by Gasteiger charge is 2.70. The molecule has 0 radical (unpaired) electrons. The average molecular weight is 333 g/mol. The lowest BCUT2D eigenvalue weighted by Gasteiger charge is -2.67. The first kappa shape index (κ1) is 16.1. The second-order valence-corrected chi connectivity index (χ2v) is 10.4. The van der Waals surface area contributed by atoms with E-state index >= 15 is 0 Å². The summed E-state index contributed by atoms with van der Waals surface area (Å²) in [6.07, 6.45) is 14.1. The number of aliphatic hydroxyl groups is 1. The lowest BCUT2D eigenvalue weighted by molar-refractivity contribution is -0.238. The van der Waals surface area contributed by atoms with Crippen LogP contribution in [0.5, 0.6) is 0 Å². The molecule has 6 fully saturated rings.